The standard InChI is InChI=1S/C52H97NO5/c1-3-5-7-9-11-13-14-15-16-17-20-23-26-30-34-38-42-46-52(57)58-47-43-39-35-31-27-24-21-18-19-22-25-29-33-37-41-45-51(56)53-49(48-54)50(55)44-40-36-32-28-12-10-8-6-4-2/h15-16,18,21,24,27,49-50,54-55H,3-14,17,19-20,22-23,25-26,28-48H2,1-2H3,(H,53,56)/b16-15-,21-18-,27-24-. The maximum atomic E-state index is 12.4. The van der Waals surface area contributed by atoms with E-state index in [1.54, 1.807) is 0 Å². The molecule has 0 aromatic carbocycles. The molecule has 1 amide bonds. The molecule has 0 saturated heterocycles. The van der Waals surface area contributed by atoms with Crippen molar-refractivity contribution < 1.29 is 24.5 Å². The molecule has 6 heteroatoms. The first kappa shape index (κ1) is 56.1. The predicted molar refractivity (Wildman–Crippen MR) is 250 cm³/mol. The Balaban J connectivity index is 3.50. The summed E-state index contributed by atoms with van der Waals surface area (Å²) >= 11 is 0. The summed E-state index contributed by atoms with van der Waals surface area (Å²) < 4.78 is 5.44. The van der Waals surface area contributed by atoms with Gasteiger partial charge >= 0.3 is 5.97 Å². The Morgan fingerprint density at radius 1 is 0.483 bits per heavy atom. The van der Waals surface area contributed by atoms with Crippen LogP contribution in [0.4, 0.5) is 0 Å². The molecule has 0 spiro atoms. The van der Waals surface area contributed by atoms with E-state index in [0.29, 0.717) is 25.9 Å². The van der Waals surface area contributed by atoms with E-state index in [2.05, 4.69) is 55.6 Å². The highest BCUT2D eigenvalue weighted by molar-refractivity contribution is 5.76. The Kier molecular flexibility index (Phi) is 46.2. The summed E-state index contributed by atoms with van der Waals surface area (Å²) in [5.41, 5.74) is 0. The Morgan fingerprint density at radius 3 is 1.33 bits per heavy atom. The highest BCUT2D eigenvalue weighted by Gasteiger charge is 2.20. The molecule has 58 heavy (non-hydrogen) atoms. The molecule has 0 heterocycles. The second kappa shape index (κ2) is 47.8. The Labute approximate surface area is 360 Å². The van der Waals surface area contributed by atoms with Crippen molar-refractivity contribution in [3.63, 3.8) is 0 Å². The lowest BCUT2D eigenvalue weighted by molar-refractivity contribution is -0.143. The van der Waals surface area contributed by atoms with Crippen molar-refractivity contribution in [1.82, 2.24) is 5.32 Å². The lowest BCUT2D eigenvalue weighted by atomic mass is 10.0. The van der Waals surface area contributed by atoms with Gasteiger partial charge in [-0.3, -0.25) is 9.59 Å². The van der Waals surface area contributed by atoms with Gasteiger partial charge in [0.2, 0.25) is 5.91 Å². The molecule has 0 aliphatic heterocycles. The topological polar surface area (TPSA) is 95.9 Å². The predicted octanol–water partition coefficient (Wildman–Crippen LogP) is 14.9. The highest BCUT2D eigenvalue weighted by atomic mass is 16.5. The van der Waals surface area contributed by atoms with Gasteiger partial charge < -0.3 is 20.3 Å². The van der Waals surface area contributed by atoms with E-state index in [1.807, 2.05) is 0 Å². The molecule has 0 saturated carbocycles. The number of nitrogens with one attached hydrogen (secondary N) is 1. The number of allylic oxidation sites excluding steroid dienone is 6. The fourth-order valence-corrected chi connectivity index (χ4v) is 7.51. The number of carbonyl (C=O) groups excluding carboxylic acids is 2. The van der Waals surface area contributed by atoms with Crippen LogP contribution in [0.3, 0.4) is 0 Å². The van der Waals surface area contributed by atoms with Crippen LogP contribution in [0.15, 0.2) is 36.5 Å². The van der Waals surface area contributed by atoms with Gasteiger partial charge in [0.25, 0.3) is 0 Å². The maximum absolute atomic E-state index is 12.4. The van der Waals surface area contributed by atoms with Crippen molar-refractivity contribution in [3.05, 3.63) is 36.5 Å². The van der Waals surface area contributed by atoms with Crippen LogP contribution in [0, 0.1) is 0 Å². The van der Waals surface area contributed by atoms with Crippen LogP contribution in [0.25, 0.3) is 0 Å². The zero-order valence-corrected chi connectivity index (χ0v) is 38.5. The van der Waals surface area contributed by atoms with Gasteiger partial charge in [-0.25, -0.2) is 0 Å². The van der Waals surface area contributed by atoms with Crippen LogP contribution in [0.2, 0.25) is 0 Å². The second-order valence-corrected chi connectivity index (χ2v) is 17.2. The molecule has 6 nitrogen and oxygen atoms in total. The van der Waals surface area contributed by atoms with Crippen molar-refractivity contribution in [2.45, 2.75) is 270 Å². The van der Waals surface area contributed by atoms with Crippen LogP contribution in [0.1, 0.15) is 258 Å². The number of ether oxygens (including phenoxy) is 1. The number of aliphatic hydroxyl groups is 2. The third-order valence-electron chi connectivity index (χ3n) is 11.4. The van der Waals surface area contributed by atoms with Crippen molar-refractivity contribution >= 4 is 11.9 Å². The highest BCUT2D eigenvalue weighted by Crippen LogP contribution is 2.15. The summed E-state index contributed by atoms with van der Waals surface area (Å²) in [5.74, 6) is -0.0871. The minimum Gasteiger partial charge on any atom is -0.466 e. The zero-order chi connectivity index (χ0) is 42.3. The van der Waals surface area contributed by atoms with Gasteiger partial charge in [0.15, 0.2) is 0 Å². The molecule has 3 N–H and O–H groups in total. The van der Waals surface area contributed by atoms with Crippen LogP contribution < -0.4 is 5.32 Å². The number of rotatable bonds is 46. The number of aliphatic hydroxyl groups excluding tert-OH is 2. The SMILES string of the molecule is CCCCCCCC/C=C\CCCCCCCCCC(=O)OCCCCC/C=C\C=C/CCCCCCCCC(=O)NC(CO)C(O)CCCCCCCCCCC. The van der Waals surface area contributed by atoms with Crippen LogP contribution in [0.5, 0.6) is 0 Å². The van der Waals surface area contributed by atoms with E-state index in [-0.39, 0.29) is 18.5 Å². The first-order valence-corrected chi connectivity index (χ1v) is 25.3. The second-order valence-electron chi connectivity index (χ2n) is 17.2. The van der Waals surface area contributed by atoms with Gasteiger partial charge in [-0.15, -0.1) is 0 Å². The number of unbranched alkanes of at least 4 members (excludes halogenated alkanes) is 30. The van der Waals surface area contributed by atoms with E-state index in [0.717, 1.165) is 77.0 Å². The number of esters is 1. The fraction of sp³-hybridized carbons (Fsp3) is 0.846. The number of carbonyl (C=O) groups is 2. The van der Waals surface area contributed by atoms with Gasteiger partial charge in [0, 0.05) is 12.8 Å². The maximum Gasteiger partial charge on any atom is 0.305 e. The number of hydrogen-bond acceptors (Lipinski definition) is 5. The average Bonchev–Trinajstić information content (AvgIpc) is 3.22. The molecule has 0 rings (SSSR count). The van der Waals surface area contributed by atoms with E-state index in [9.17, 15) is 19.8 Å². The fourth-order valence-electron chi connectivity index (χ4n) is 7.51. The Morgan fingerprint density at radius 2 is 0.862 bits per heavy atom. The third-order valence-corrected chi connectivity index (χ3v) is 11.4. The molecule has 0 radical (unpaired) electrons. The molecule has 340 valence electrons. The first-order chi connectivity index (χ1) is 28.5. The normalized spacial score (nSPS) is 13.0. The Bertz CT molecular complexity index is 946. The summed E-state index contributed by atoms with van der Waals surface area (Å²) in [7, 11) is 0. The summed E-state index contributed by atoms with van der Waals surface area (Å²) in [6.07, 6.45) is 56.9. The third kappa shape index (κ3) is 43.7. The molecular formula is C52H97NO5. The quantitative estimate of drug-likeness (QED) is 0.0246. The van der Waals surface area contributed by atoms with E-state index in [4.69, 9.17) is 4.74 Å². The van der Waals surface area contributed by atoms with Gasteiger partial charge in [0.05, 0.1) is 25.4 Å². The zero-order valence-electron chi connectivity index (χ0n) is 38.5. The molecule has 0 fully saturated rings. The van der Waals surface area contributed by atoms with Gasteiger partial charge in [-0.1, -0.05) is 198 Å². The summed E-state index contributed by atoms with van der Waals surface area (Å²) in [5, 5.41) is 23.0. The Hall–Kier alpha value is -1.92. The van der Waals surface area contributed by atoms with E-state index >= 15 is 0 Å². The van der Waals surface area contributed by atoms with Crippen LogP contribution >= 0.6 is 0 Å². The molecule has 2 unspecified atom stereocenters. The monoisotopic (exact) mass is 816 g/mol. The molecule has 0 bridgehead atoms. The van der Waals surface area contributed by atoms with Crippen LogP contribution in [-0.2, 0) is 14.3 Å². The lowest BCUT2D eigenvalue weighted by Gasteiger charge is -2.22. The van der Waals surface area contributed by atoms with Crippen molar-refractivity contribution in [1.29, 1.82) is 0 Å². The van der Waals surface area contributed by atoms with Gasteiger partial charge in [-0.2, -0.15) is 0 Å². The smallest absolute Gasteiger partial charge is 0.305 e. The van der Waals surface area contributed by atoms with Crippen LogP contribution in [-0.4, -0.2) is 47.4 Å². The summed E-state index contributed by atoms with van der Waals surface area (Å²) in [4.78, 5) is 24.4. The molecule has 0 aliphatic rings. The van der Waals surface area contributed by atoms with E-state index in [1.165, 1.54) is 148 Å². The summed E-state index contributed by atoms with van der Waals surface area (Å²) in [6.45, 7) is 4.86. The molecule has 0 aromatic rings. The minimum absolute atomic E-state index is 0.0259. The number of hydrogen-bond donors (Lipinski definition) is 3. The number of amides is 1. The molecule has 2 atom stereocenters. The summed E-state index contributed by atoms with van der Waals surface area (Å²) in [6, 6.07) is -0.556. The lowest BCUT2D eigenvalue weighted by Crippen LogP contribution is -2.45. The molecular weight excluding hydrogens is 719 g/mol. The largest absolute Gasteiger partial charge is 0.466 e. The molecule has 0 aromatic heterocycles. The van der Waals surface area contributed by atoms with Crippen molar-refractivity contribution in [3.8, 4) is 0 Å². The molecule has 0 aliphatic carbocycles. The minimum atomic E-state index is -0.676. The van der Waals surface area contributed by atoms with Crippen molar-refractivity contribution in [2.24, 2.45) is 0 Å². The average molecular weight is 816 g/mol. The first-order valence-electron chi connectivity index (χ1n) is 25.3. The van der Waals surface area contributed by atoms with Gasteiger partial charge in [0.1, 0.15) is 0 Å². The van der Waals surface area contributed by atoms with Crippen molar-refractivity contribution in [2.75, 3.05) is 13.2 Å². The van der Waals surface area contributed by atoms with Gasteiger partial charge in [-0.05, 0) is 83.5 Å². The van der Waals surface area contributed by atoms with E-state index < -0.39 is 12.1 Å².